The summed E-state index contributed by atoms with van der Waals surface area (Å²) in [5, 5.41) is 13.0. The van der Waals surface area contributed by atoms with Gasteiger partial charge in [0, 0.05) is 13.0 Å². The molecule has 0 bridgehead atoms. The van der Waals surface area contributed by atoms with Crippen molar-refractivity contribution in [3.8, 4) is 11.5 Å². The lowest BCUT2D eigenvalue weighted by Crippen LogP contribution is -2.56. The first-order valence-electron chi connectivity index (χ1n) is 12.0. The molecule has 194 valence electrons. The van der Waals surface area contributed by atoms with Crippen molar-refractivity contribution in [3.63, 3.8) is 0 Å². The summed E-state index contributed by atoms with van der Waals surface area (Å²) in [5.74, 6) is -0.930. The van der Waals surface area contributed by atoms with Gasteiger partial charge in [0.1, 0.15) is 12.1 Å². The van der Waals surface area contributed by atoms with Gasteiger partial charge in [0.2, 0.25) is 5.91 Å². The third-order valence-electron chi connectivity index (χ3n) is 6.36. The van der Waals surface area contributed by atoms with E-state index in [9.17, 15) is 19.5 Å². The van der Waals surface area contributed by atoms with Crippen LogP contribution < -0.4 is 14.8 Å². The Balaban J connectivity index is 1.79. The number of ether oxygens (including phenoxy) is 3. The number of aryl methyl sites for hydroxylation is 1. The average Bonchev–Trinajstić information content (AvgIpc) is 2.89. The van der Waals surface area contributed by atoms with Gasteiger partial charge in [-0.3, -0.25) is 14.9 Å². The number of fused-ring (bicyclic) bond motifs is 1. The number of methoxy groups -OCH3 is 2. The van der Waals surface area contributed by atoms with Gasteiger partial charge in [0.05, 0.1) is 26.9 Å². The Bertz CT molecular complexity index is 1070. The fourth-order valence-electron chi connectivity index (χ4n) is 4.45. The minimum atomic E-state index is -1.10. The summed E-state index contributed by atoms with van der Waals surface area (Å²) in [5.41, 5.74) is 2.64. The molecule has 2 N–H and O–H groups in total. The molecule has 1 amide bonds. The number of hydrogen-bond donors (Lipinski definition) is 2. The second kappa shape index (κ2) is 12.4. The average molecular weight is 499 g/mol. The van der Waals surface area contributed by atoms with Gasteiger partial charge in [0.25, 0.3) is 0 Å². The van der Waals surface area contributed by atoms with Crippen molar-refractivity contribution < 1.29 is 33.7 Å². The van der Waals surface area contributed by atoms with Crippen LogP contribution in [0.2, 0.25) is 0 Å². The molecule has 36 heavy (non-hydrogen) atoms. The molecule has 0 spiro atoms. The predicted molar refractivity (Wildman–Crippen MR) is 133 cm³/mol. The van der Waals surface area contributed by atoms with Crippen LogP contribution in [0.5, 0.6) is 11.5 Å². The maximum absolute atomic E-state index is 13.5. The molecular formula is C27H34N2O7. The van der Waals surface area contributed by atoms with E-state index in [-0.39, 0.29) is 19.6 Å². The standard InChI is InChI=1S/C27H34N2O7/c1-5-36-27(33)21(12-11-18-9-7-6-8-10-18)28-17(2)25(30)29-16-20-15-24(35-4)23(34-3)14-19(20)13-22(29)26(31)32/h6-10,14-15,17,21-22,28H,5,11-13,16H2,1-4H3,(H,31,32)/t17-,21+,22?/m0/s1. The van der Waals surface area contributed by atoms with Crippen molar-refractivity contribution >= 4 is 17.8 Å². The van der Waals surface area contributed by atoms with Gasteiger partial charge in [-0.05, 0) is 55.5 Å². The van der Waals surface area contributed by atoms with Gasteiger partial charge in [0.15, 0.2) is 11.5 Å². The van der Waals surface area contributed by atoms with E-state index in [2.05, 4.69) is 5.32 Å². The number of carbonyl (C=O) groups excluding carboxylic acids is 2. The normalized spacial score (nSPS) is 16.4. The summed E-state index contributed by atoms with van der Waals surface area (Å²) in [7, 11) is 3.04. The zero-order valence-corrected chi connectivity index (χ0v) is 21.2. The molecule has 9 heteroatoms. The molecule has 2 aromatic carbocycles. The molecule has 0 aliphatic carbocycles. The summed E-state index contributed by atoms with van der Waals surface area (Å²) < 4.78 is 15.9. The van der Waals surface area contributed by atoms with Gasteiger partial charge < -0.3 is 24.2 Å². The summed E-state index contributed by atoms with van der Waals surface area (Å²) in [6, 6.07) is 10.7. The first kappa shape index (κ1) is 27.0. The number of carboxylic acids is 1. The monoisotopic (exact) mass is 498 g/mol. The smallest absolute Gasteiger partial charge is 0.326 e. The molecule has 0 saturated heterocycles. The second-order valence-corrected chi connectivity index (χ2v) is 8.72. The number of aliphatic carboxylic acids is 1. The minimum absolute atomic E-state index is 0.103. The molecule has 1 aliphatic rings. The van der Waals surface area contributed by atoms with Crippen LogP contribution in [0.15, 0.2) is 42.5 Å². The third-order valence-corrected chi connectivity index (χ3v) is 6.36. The first-order chi connectivity index (χ1) is 17.3. The van der Waals surface area contributed by atoms with Crippen molar-refractivity contribution in [2.75, 3.05) is 20.8 Å². The maximum Gasteiger partial charge on any atom is 0.326 e. The van der Waals surface area contributed by atoms with E-state index >= 15 is 0 Å². The fraction of sp³-hybridized carbons (Fsp3) is 0.444. The topological polar surface area (TPSA) is 114 Å². The first-order valence-corrected chi connectivity index (χ1v) is 12.0. The molecule has 3 rings (SSSR count). The highest BCUT2D eigenvalue weighted by Gasteiger charge is 2.38. The van der Waals surface area contributed by atoms with Crippen molar-refractivity contribution in [2.45, 2.75) is 57.8 Å². The largest absolute Gasteiger partial charge is 0.493 e. The van der Waals surface area contributed by atoms with Gasteiger partial charge in [-0.15, -0.1) is 0 Å². The van der Waals surface area contributed by atoms with E-state index in [1.165, 1.54) is 19.1 Å². The number of carbonyl (C=O) groups is 3. The Morgan fingerprint density at radius 2 is 1.72 bits per heavy atom. The van der Waals surface area contributed by atoms with Crippen molar-refractivity contribution in [1.29, 1.82) is 0 Å². The highest BCUT2D eigenvalue weighted by Crippen LogP contribution is 2.35. The molecule has 0 radical (unpaired) electrons. The van der Waals surface area contributed by atoms with Gasteiger partial charge in [-0.2, -0.15) is 0 Å². The molecule has 1 heterocycles. The highest BCUT2D eigenvalue weighted by atomic mass is 16.5. The highest BCUT2D eigenvalue weighted by molar-refractivity contribution is 5.88. The molecule has 1 unspecified atom stereocenters. The van der Waals surface area contributed by atoms with Crippen LogP contribution in [0.4, 0.5) is 0 Å². The van der Waals surface area contributed by atoms with Gasteiger partial charge in [-0.1, -0.05) is 30.3 Å². The quantitative estimate of drug-likeness (QED) is 0.455. The Morgan fingerprint density at radius 3 is 2.31 bits per heavy atom. The van der Waals surface area contributed by atoms with Crippen molar-refractivity contribution in [1.82, 2.24) is 10.2 Å². The lowest BCUT2D eigenvalue weighted by molar-refractivity contribution is -0.153. The molecule has 0 fully saturated rings. The zero-order valence-electron chi connectivity index (χ0n) is 21.2. The van der Waals surface area contributed by atoms with E-state index in [0.717, 1.165) is 16.7 Å². The van der Waals surface area contributed by atoms with Crippen molar-refractivity contribution in [3.05, 3.63) is 59.2 Å². The zero-order chi connectivity index (χ0) is 26.2. The van der Waals surface area contributed by atoms with E-state index in [0.29, 0.717) is 24.3 Å². The minimum Gasteiger partial charge on any atom is -0.493 e. The lowest BCUT2D eigenvalue weighted by atomic mass is 9.92. The molecule has 1 aliphatic heterocycles. The number of nitrogens with zero attached hydrogens (tertiary/aromatic N) is 1. The number of hydrogen-bond acceptors (Lipinski definition) is 7. The molecule has 0 saturated carbocycles. The predicted octanol–water partition coefficient (Wildman–Crippen LogP) is 2.58. The van der Waals surface area contributed by atoms with Crippen LogP contribution in [0.25, 0.3) is 0 Å². The summed E-state index contributed by atoms with van der Waals surface area (Å²) >= 11 is 0. The summed E-state index contributed by atoms with van der Waals surface area (Å²) in [6.07, 6.45) is 1.19. The lowest BCUT2D eigenvalue weighted by Gasteiger charge is -2.37. The van der Waals surface area contributed by atoms with E-state index < -0.39 is 36.0 Å². The SMILES string of the molecule is CCOC(=O)[C@@H](CCc1ccccc1)N[C@@H](C)C(=O)N1Cc2cc(OC)c(OC)cc2CC1C(=O)O. The van der Waals surface area contributed by atoms with Crippen LogP contribution in [0.1, 0.15) is 37.0 Å². The number of esters is 1. The molecule has 0 aromatic heterocycles. The van der Waals surface area contributed by atoms with Crippen LogP contribution in [0.3, 0.4) is 0 Å². The van der Waals surface area contributed by atoms with Crippen LogP contribution in [-0.2, 0) is 38.5 Å². The van der Waals surface area contributed by atoms with Crippen LogP contribution >= 0.6 is 0 Å². The van der Waals surface area contributed by atoms with E-state index in [1.54, 1.807) is 26.0 Å². The number of amides is 1. The number of rotatable bonds is 11. The number of nitrogens with one attached hydrogen (secondary N) is 1. The Hall–Kier alpha value is -3.59. The molecule has 9 nitrogen and oxygen atoms in total. The number of benzene rings is 2. The molecular weight excluding hydrogens is 464 g/mol. The molecule has 2 aromatic rings. The third kappa shape index (κ3) is 6.34. The van der Waals surface area contributed by atoms with Gasteiger partial charge >= 0.3 is 11.9 Å². The maximum atomic E-state index is 13.5. The van der Waals surface area contributed by atoms with Crippen LogP contribution in [-0.4, -0.2) is 66.8 Å². The Morgan fingerprint density at radius 1 is 1.08 bits per heavy atom. The van der Waals surface area contributed by atoms with Gasteiger partial charge in [-0.25, -0.2) is 4.79 Å². The van der Waals surface area contributed by atoms with E-state index in [1.807, 2.05) is 30.3 Å². The van der Waals surface area contributed by atoms with Crippen LogP contribution in [0, 0.1) is 0 Å². The second-order valence-electron chi connectivity index (χ2n) is 8.72. The Kier molecular flexibility index (Phi) is 9.30. The van der Waals surface area contributed by atoms with Crippen molar-refractivity contribution in [2.24, 2.45) is 0 Å². The number of carboxylic acid groups (broad SMARTS) is 1. The fourth-order valence-corrected chi connectivity index (χ4v) is 4.45. The molecule has 3 atom stereocenters. The summed E-state index contributed by atoms with van der Waals surface area (Å²) in [4.78, 5) is 39.6. The Labute approximate surface area is 211 Å². The summed E-state index contributed by atoms with van der Waals surface area (Å²) in [6.45, 7) is 3.69. The van der Waals surface area contributed by atoms with E-state index in [4.69, 9.17) is 14.2 Å².